The lowest BCUT2D eigenvalue weighted by molar-refractivity contribution is 0.102. The molecule has 18 heavy (non-hydrogen) atoms. The van der Waals surface area contributed by atoms with Gasteiger partial charge in [-0.2, -0.15) is 5.10 Å². The van der Waals surface area contributed by atoms with Gasteiger partial charge in [-0.25, -0.2) is 0 Å². The summed E-state index contributed by atoms with van der Waals surface area (Å²) in [5, 5.41) is 9.79. The maximum absolute atomic E-state index is 12.2. The minimum absolute atomic E-state index is 0.118. The summed E-state index contributed by atoms with van der Waals surface area (Å²) in [6, 6.07) is 5.87. The first-order valence-electron chi connectivity index (χ1n) is 5.90. The molecule has 0 fully saturated rings. The Morgan fingerprint density at radius 1 is 1.22 bits per heavy atom. The maximum atomic E-state index is 12.2. The highest BCUT2D eigenvalue weighted by Gasteiger charge is 2.16. The number of H-pyrrole nitrogens is 1. The molecular weight excluding hydrogens is 226 g/mol. The predicted molar refractivity (Wildman–Crippen MR) is 71.9 cm³/mol. The van der Waals surface area contributed by atoms with Crippen LogP contribution < -0.4 is 5.32 Å². The van der Waals surface area contributed by atoms with Gasteiger partial charge in [-0.1, -0.05) is 12.1 Å². The third-order valence-corrected chi connectivity index (χ3v) is 3.21. The Bertz CT molecular complexity index is 580. The Morgan fingerprint density at radius 2 is 1.94 bits per heavy atom. The Labute approximate surface area is 106 Å². The van der Waals surface area contributed by atoms with E-state index in [1.165, 1.54) is 0 Å². The van der Waals surface area contributed by atoms with Crippen LogP contribution in [0, 0.1) is 27.7 Å². The van der Waals surface area contributed by atoms with Crippen LogP contribution in [-0.2, 0) is 0 Å². The standard InChI is InChI=1S/C14H17N3O/c1-8-6-5-7-12(9(8)2)15-14(18)13-10(3)16-17-11(13)4/h5-7H,1-4H3,(H,15,18)(H,16,17). The summed E-state index contributed by atoms with van der Waals surface area (Å²) in [6.45, 7) is 7.69. The molecule has 0 aliphatic rings. The lowest BCUT2D eigenvalue weighted by atomic mass is 10.1. The van der Waals surface area contributed by atoms with Crippen LogP contribution in [0.3, 0.4) is 0 Å². The molecule has 0 atom stereocenters. The molecule has 0 aliphatic heterocycles. The topological polar surface area (TPSA) is 57.8 Å². The molecule has 2 aromatic rings. The Morgan fingerprint density at radius 3 is 2.56 bits per heavy atom. The number of hydrogen-bond acceptors (Lipinski definition) is 2. The van der Waals surface area contributed by atoms with E-state index in [1.807, 2.05) is 45.9 Å². The van der Waals surface area contributed by atoms with E-state index < -0.39 is 0 Å². The zero-order chi connectivity index (χ0) is 13.3. The smallest absolute Gasteiger partial charge is 0.259 e. The van der Waals surface area contributed by atoms with Crippen molar-refractivity contribution in [3.05, 3.63) is 46.3 Å². The first kappa shape index (κ1) is 12.4. The second-order valence-corrected chi connectivity index (χ2v) is 4.51. The molecular formula is C14H17N3O. The van der Waals surface area contributed by atoms with E-state index in [-0.39, 0.29) is 5.91 Å². The van der Waals surface area contributed by atoms with E-state index in [0.29, 0.717) is 5.56 Å². The van der Waals surface area contributed by atoms with Crippen molar-refractivity contribution in [2.24, 2.45) is 0 Å². The molecule has 2 N–H and O–H groups in total. The summed E-state index contributed by atoms with van der Waals surface area (Å²) in [6.07, 6.45) is 0. The lowest BCUT2D eigenvalue weighted by Gasteiger charge is -2.10. The average Bonchev–Trinajstić information content (AvgIpc) is 2.65. The van der Waals surface area contributed by atoms with Crippen LogP contribution in [0.25, 0.3) is 0 Å². The number of anilines is 1. The van der Waals surface area contributed by atoms with Crippen LogP contribution >= 0.6 is 0 Å². The number of rotatable bonds is 2. The van der Waals surface area contributed by atoms with Gasteiger partial charge in [0.05, 0.1) is 11.3 Å². The number of carbonyl (C=O) groups is 1. The largest absolute Gasteiger partial charge is 0.322 e. The number of aryl methyl sites for hydroxylation is 3. The zero-order valence-corrected chi connectivity index (χ0v) is 11.1. The fourth-order valence-electron chi connectivity index (χ4n) is 1.96. The quantitative estimate of drug-likeness (QED) is 0.852. The number of carbonyl (C=O) groups excluding carboxylic acids is 1. The molecule has 4 nitrogen and oxygen atoms in total. The average molecular weight is 243 g/mol. The molecule has 0 radical (unpaired) electrons. The molecule has 1 amide bonds. The minimum Gasteiger partial charge on any atom is -0.322 e. The van der Waals surface area contributed by atoms with E-state index in [4.69, 9.17) is 0 Å². The van der Waals surface area contributed by atoms with Crippen molar-refractivity contribution in [3.63, 3.8) is 0 Å². The molecule has 1 heterocycles. The van der Waals surface area contributed by atoms with Gasteiger partial charge in [0.2, 0.25) is 0 Å². The van der Waals surface area contributed by atoms with E-state index >= 15 is 0 Å². The highest BCUT2D eigenvalue weighted by atomic mass is 16.1. The van der Waals surface area contributed by atoms with Gasteiger partial charge >= 0.3 is 0 Å². The second kappa shape index (κ2) is 4.64. The Hall–Kier alpha value is -2.10. The SMILES string of the molecule is Cc1cccc(NC(=O)c2c(C)n[nH]c2C)c1C. The highest BCUT2D eigenvalue weighted by molar-refractivity contribution is 6.06. The molecule has 94 valence electrons. The van der Waals surface area contributed by atoms with Crippen molar-refractivity contribution < 1.29 is 4.79 Å². The van der Waals surface area contributed by atoms with Gasteiger partial charge in [0.15, 0.2) is 0 Å². The second-order valence-electron chi connectivity index (χ2n) is 4.51. The van der Waals surface area contributed by atoms with Crippen LogP contribution in [0.5, 0.6) is 0 Å². The van der Waals surface area contributed by atoms with Crippen LogP contribution in [-0.4, -0.2) is 16.1 Å². The molecule has 1 aromatic heterocycles. The van der Waals surface area contributed by atoms with Gasteiger partial charge in [0.25, 0.3) is 5.91 Å². The summed E-state index contributed by atoms with van der Waals surface area (Å²) in [5.74, 6) is -0.118. The normalized spacial score (nSPS) is 10.4. The number of nitrogens with one attached hydrogen (secondary N) is 2. The minimum atomic E-state index is -0.118. The molecule has 0 saturated carbocycles. The number of aromatic nitrogens is 2. The molecule has 0 bridgehead atoms. The summed E-state index contributed by atoms with van der Waals surface area (Å²) in [4.78, 5) is 12.2. The van der Waals surface area contributed by atoms with Gasteiger partial charge in [-0.15, -0.1) is 0 Å². The van der Waals surface area contributed by atoms with Crippen molar-refractivity contribution in [1.29, 1.82) is 0 Å². The number of hydrogen-bond donors (Lipinski definition) is 2. The zero-order valence-electron chi connectivity index (χ0n) is 11.1. The third-order valence-electron chi connectivity index (χ3n) is 3.21. The van der Waals surface area contributed by atoms with Gasteiger partial charge in [0.1, 0.15) is 0 Å². The van der Waals surface area contributed by atoms with Crippen molar-refractivity contribution >= 4 is 11.6 Å². The van der Waals surface area contributed by atoms with Gasteiger partial charge in [-0.05, 0) is 44.9 Å². The summed E-state index contributed by atoms with van der Waals surface area (Å²) in [5.41, 5.74) is 5.22. The fourth-order valence-corrected chi connectivity index (χ4v) is 1.96. The molecule has 0 saturated heterocycles. The Balaban J connectivity index is 2.30. The van der Waals surface area contributed by atoms with Crippen molar-refractivity contribution in [2.45, 2.75) is 27.7 Å². The van der Waals surface area contributed by atoms with Gasteiger partial charge in [0, 0.05) is 11.4 Å². The molecule has 0 aliphatic carbocycles. The molecule has 1 aromatic carbocycles. The monoisotopic (exact) mass is 243 g/mol. The fraction of sp³-hybridized carbons (Fsp3) is 0.286. The number of amides is 1. The lowest BCUT2D eigenvalue weighted by Crippen LogP contribution is -2.14. The third kappa shape index (κ3) is 2.14. The van der Waals surface area contributed by atoms with E-state index in [0.717, 1.165) is 28.2 Å². The van der Waals surface area contributed by atoms with Crippen molar-refractivity contribution in [3.8, 4) is 0 Å². The highest BCUT2D eigenvalue weighted by Crippen LogP contribution is 2.20. The van der Waals surface area contributed by atoms with E-state index in [2.05, 4.69) is 15.5 Å². The first-order valence-corrected chi connectivity index (χ1v) is 5.90. The predicted octanol–water partition coefficient (Wildman–Crippen LogP) is 2.90. The molecule has 4 heteroatoms. The van der Waals surface area contributed by atoms with Crippen LogP contribution in [0.15, 0.2) is 18.2 Å². The summed E-state index contributed by atoms with van der Waals surface area (Å²) < 4.78 is 0. The maximum Gasteiger partial charge on any atom is 0.259 e. The molecule has 0 unspecified atom stereocenters. The van der Waals surface area contributed by atoms with Crippen LogP contribution in [0.2, 0.25) is 0 Å². The van der Waals surface area contributed by atoms with Gasteiger partial charge < -0.3 is 5.32 Å². The van der Waals surface area contributed by atoms with Crippen molar-refractivity contribution in [1.82, 2.24) is 10.2 Å². The van der Waals surface area contributed by atoms with E-state index in [9.17, 15) is 4.79 Å². The molecule has 2 rings (SSSR count). The number of nitrogens with zero attached hydrogens (tertiary/aromatic N) is 1. The van der Waals surface area contributed by atoms with E-state index in [1.54, 1.807) is 0 Å². The Kier molecular flexibility index (Phi) is 3.19. The van der Waals surface area contributed by atoms with Gasteiger partial charge in [-0.3, -0.25) is 9.89 Å². The van der Waals surface area contributed by atoms with Crippen molar-refractivity contribution in [2.75, 3.05) is 5.32 Å². The molecule has 0 spiro atoms. The number of aromatic amines is 1. The number of benzene rings is 1. The summed E-state index contributed by atoms with van der Waals surface area (Å²) in [7, 11) is 0. The van der Waals surface area contributed by atoms with Crippen LogP contribution in [0.4, 0.5) is 5.69 Å². The van der Waals surface area contributed by atoms with Crippen LogP contribution in [0.1, 0.15) is 32.9 Å². The first-order chi connectivity index (χ1) is 8.50. The summed E-state index contributed by atoms with van der Waals surface area (Å²) >= 11 is 0.